The van der Waals surface area contributed by atoms with Gasteiger partial charge in [-0.2, -0.15) is 0 Å². The second-order valence-corrected chi connectivity index (χ2v) is 5.17. The molecule has 1 N–H and O–H groups in total. The second kappa shape index (κ2) is 5.64. The average molecular weight is 310 g/mol. The molecule has 1 heterocycles. The summed E-state index contributed by atoms with van der Waals surface area (Å²) in [5.74, 6) is -1.43. The van der Waals surface area contributed by atoms with Crippen molar-refractivity contribution in [2.24, 2.45) is 0 Å². The lowest BCUT2D eigenvalue weighted by Crippen LogP contribution is -2.07. The van der Waals surface area contributed by atoms with Crippen LogP contribution in [0.5, 0.6) is 0 Å². The van der Waals surface area contributed by atoms with Gasteiger partial charge in [0.25, 0.3) is 0 Å². The molecule has 6 heteroatoms. The fraction of sp³-hybridized carbons (Fsp3) is 0.176. The van der Waals surface area contributed by atoms with Crippen LogP contribution in [0.2, 0.25) is 0 Å². The van der Waals surface area contributed by atoms with E-state index in [9.17, 15) is 14.7 Å². The lowest BCUT2D eigenvalue weighted by atomic mass is 10.1. The molecule has 0 spiro atoms. The first-order valence-corrected chi connectivity index (χ1v) is 7.07. The van der Waals surface area contributed by atoms with E-state index in [1.165, 1.54) is 13.0 Å². The van der Waals surface area contributed by atoms with E-state index in [4.69, 9.17) is 4.74 Å². The molecule has 1 atom stereocenters. The molecule has 116 valence electrons. The first-order chi connectivity index (χ1) is 11.0. The van der Waals surface area contributed by atoms with Gasteiger partial charge >= 0.3 is 11.9 Å². The molecular weight excluding hydrogens is 296 g/mol. The summed E-state index contributed by atoms with van der Waals surface area (Å²) >= 11 is 0. The van der Waals surface area contributed by atoms with Crippen molar-refractivity contribution in [1.29, 1.82) is 0 Å². The number of benzene rings is 2. The Kier molecular flexibility index (Phi) is 3.65. The molecule has 2 aromatic carbocycles. The van der Waals surface area contributed by atoms with Gasteiger partial charge in [0.05, 0.1) is 22.1 Å². The number of carboxylic acids is 1. The third kappa shape index (κ3) is 2.70. The van der Waals surface area contributed by atoms with Crippen LogP contribution < -0.4 is 0 Å². The Morgan fingerprint density at radius 3 is 2.30 bits per heavy atom. The molecule has 0 bridgehead atoms. The second-order valence-electron chi connectivity index (χ2n) is 5.17. The number of aromatic nitrogens is 2. The number of aromatic carboxylic acids is 1. The SMILES string of the molecule is CC(=O)OC(C)c1cccc2nc3c(C(=O)O)cccc3nc12. The lowest BCUT2D eigenvalue weighted by molar-refractivity contribution is -0.145. The average Bonchev–Trinajstić information content (AvgIpc) is 2.50. The van der Waals surface area contributed by atoms with Crippen LogP contribution in [0.15, 0.2) is 36.4 Å². The molecule has 0 radical (unpaired) electrons. The normalized spacial score (nSPS) is 12.3. The Hall–Kier alpha value is -3.02. The van der Waals surface area contributed by atoms with E-state index in [1.54, 1.807) is 31.2 Å². The molecule has 0 aliphatic rings. The standard InChI is InChI=1S/C17H14N2O4/c1-9(23-10(2)20)11-5-3-7-13-15(11)18-14-8-4-6-12(17(21)22)16(14)19-13/h3-9H,1-2H3,(H,21,22). The number of nitrogens with zero attached hydrogens (tertiary/aromatic N) is 2. The number of carboxylic acid groups (broad SMARTS) is 1. The van der Waals surface area contributed by atoms with Crippen molar-refractivity contribution in [1.82, 2.24) is 9.97 Å². The Bertz CT molecular complexity index is 936. The minimum atomic E-state index is -1.05. The number of para-hydroxylation sites is 2. The monoisotopic (exact) mass is 310 g/mol. The van der Waals surface area contributed by atoms with Gasteiger partial charge in [0.1, 0.15) is 11.6 Å². The maximum Gasteiger partial charge on any atom is 0.337 e. The fourth-order valence-electron chi connectivity index (χ4n) is 2.55. The molecule has 6 nitrogen and oxygen atoms in total. The van der Waals surface area contributed by atoms with E-state index in [-0.39, 0.29) is 11.5 Å². The molecule has 0 amide bonds. The van der Waals surface area contributed by atoms with Gasteiger partial charge in [0.2, 0.25) is 0 Å². The lowest BCUT2D eigenvalue weighted by Gasteiger charge is -2.14. The van der Waals surface area contributed by atoms with Crippen molar-refractivity contribution >= 4 is 34.0 Å². The molecule has 3 rings (SSSR count). The minimum absolute atomic E-state index is 0.107. The molecule has 1 unspecified atom stereocenters. The van der Waals surface area contributed by atoms with Crippen molar-refractivity contribution in [2.45, 2.75) is 20.0 Å². The van der Waals surface area contributed by atoms with E-state index in [0.29, 0.717) is 22.1 Å². The molecule has 23 heavy (non-hydrogen) atoms. The summed E-state index contributed by atoms with van der Waals surface area (Å²) in [6.07, 6.45) is -0.467. The van der Waals surface area contributed by atoms with Gasteiger partial charge < -0.3 is 9.84 Å². The Morgan fingerprint density at radius 1 is 1.04 bits per heavy atom. The van der Waals surface area contributed by atoms with Crippen molar-refractivity contribution in [2.75, 3.05) is 0 Å². The first-order valence-electron chi connectivity index (χ1n) is 7.07. The van der Waals surface area contributed by atoms with Gasteiger partial charge in [-0.25, -0.2) is 14.8 Å². The van der Waals surface area contributed by atoms with Crippen molar-refractivity contribution in [3.8, 4) is 0 Å². The third-order valence-electron chi connectivity index (χ3n) is 3.54. The molecule has 0 aliphatic carbocycles. The summed E-state index contributed by atoms with van der Waals surface area (Å²) in [6, 6.07) is 10.2. The third-order valence-corrected chi connectivity index (χ3v) is 3.54. The van der Waals surface area contributed by atoms with E-state index < -0.39 is 12.1 Å². The molecule has 0 fully saturated rings. The molecule has 3 aromatic rings. The van der Waals surface area contributed by atoms with Crippen LogP contribution >= 0.6 is 0 Å². The Labute approximate surface area is 131 Å². The highest BCUT2D eigenvalue weighted by Crippen LogP contribution is 2.27. The smallest absolute Gasteiger partial charge is 0.337 e. The van der Waals surface area contributed by atoms with E-state index in [2.05, 4.69) is 9.97 Å². The van der Waals surface area contributed by atoms with Gasteiger partial charge in [0.15, 0.2) is 0 Å². The summed E-state index contributed by atoms with van der Waals surface area (Å²) in [7, 11) is 0. The van der Waals surface area contributed by atoms with Crippen LogP contribution in [-0.4, -0.2) is 27.0 Å². The zero-order valence-electron chi connectivity index (χ0n) is 12.6. The quantitative estimate of drug-likeness (QED) is 0.590. The Morgan fingerprint density at radius 2 is 1.65 bits per heavy atom. The summed E-state index contributed by atoms with van der Waals surface area (Å²) in [4.78, 5) is 31.5. The zero-order valence-corrected chi connectivity index (χ0v) is 12.6. The number of hydrogen-bond donors (Lipinski definition) is 1. The van der Waals surface area contributed by atoms with Crippen molar-refractivity contribution < 1.29 is 19.4 Å². The Balaban J connectivity index is 2.27. The number of ether oxygens (including phenoxy) is 1. The molecule has 1 aromatic heterocycles. The van der Waals surface area contributed by atoms with Crippen LogP contribution in [0.3, 0.4) is 0 Å². The van der Waals surface area contributed by atoms with Crippen LogP contribution in [-0.2, 0) is 9.53 Å². The number of carbonyl (C=O) groups is 2. The maximum atomic E-state index is 11.3. The van der Waals surface area contributed by atoms with Crippen LogP contribution in [0.1, 0.15) is 35.9 Å². The maximum absolute atomic E-state index is 11.3. The molecule has 0 aliphatic heterocycles. The molecule has 0 saturated carbocycles. The highest BCUT2D eigenvalue weighted by atomic mass is 16.5. The summed E-state index contributed by atoms with van der Waals surface area (Å²) in [5, 5.41) is 9.27. The number of hydrogen-bond acceptors (Lipinski definition) is 5. The zero-order chi connectivity index (χ0) is 16.6. The van der Waals surface area contributed by atoms with Crippen molar-refractivity contribution in [3.63, 3.8) is 0 Å². The van der Waals surface area contributed by atoms with Gasteiger partial charge in [-0.05, 0) is 25.1 Å². The minimum Gasteiger partial charge on any atom is -0.478 e. The highest BCUT2D eigenvalue weighted by Gasteiger charge is 2.16. The van der Waals surface area contributed by atoms with Crippen LogP contribution in [0.25, 0.3) is 22.1 Å². The van der Waals surface area contributed by atoms with E-state index in [0.717, 1.165) is 5.56 Å². The largest absolute Gasteiger partial charge is 0.478 e. The molecule has 0 saturated heterocycles. The van der Waals surface area contributed by atoms with E-state index in [1.807, 2.05) is 6.07 Å². The van der Waals surface area contributed by atoms with Gasteiger partial charge in [0, 0.05) is 12.5 Å². The number of carbonyl (C=O) groups excluding carboxylic acids is 1. The topological polar surface area (TPSA) is 89.4 Å². The van der Waals surface area contributed by atoms with Gasteiger partial charge in [-0.3, -0.25) is 4.79 Å². The number of rotatable bonds is 3. The number of esters is 1. The van der Waals surface area contributed by atoms with Gasteiger partial charge in [-0.1, -0.05) is 18.2 Å². The summed E-state index contributed by atoms with van der Waals surface area (Å²) in [6.45, 7) is 3.11. The van der Waals surface area contributed by atoms with Gasteiger partial charge in [-0.15, -0.1) is 0 Å². The summed E-state index contributed by atoms with van der Waals surface area (Å²) in [5.41, 5.74) is 2.81. The predicted octanol–water partition coefficient (Wildman–Crippen LogP) is 3.11. The number of fused-ring (bicyclic) bond motifs is 2. The summed E-state index contributed by atoms with van der Waals surface area (Å²) < 4.78 is 5.22. The van der Waals surface area contributed by atoms with Crippen molar-refractivity contribution in [3.05, 3.63) is 47.5 Å². The van der Waals surface area contributed by atoms with E-state index >= 15 is 0 Å². The molecular formula is C17H14N2O4. The first kappa shape index (κ1) is 14.9. The van der Waals surface area contributed by atoms with Crippen LogP contribution in [0.4, 0.5) is 0 Å². The predicted molar refractivity (Wildman–Crippen MR) is 84.2 cm³/mol. The highest BCUT2D eigenvalue weighted by molar-refractivity contribution is 6.02. The fourth-order valence-corrected chi connectivity index (χ4v) is 2.55. The van der Waals surface area contributed by atoms with Crippen LogP contribution in [0, 0.1) is 0 Å².